The molecule has 0 fully saturated rings. The predicted octanol–water partition coefficient (Wildman–Crippen LogP) is 28.2. The maximum Gasteiger partial charge on any atom is 0.0578 e. The van der Waals surface area contributed by atoms with E-state index >= 15 is 0 Å². The van der Waals surface area contributed by atoms with Gasteiger partial charge in [-0.05, 0) is 44.2 Å². The van der Waals surface area contributed by atoms with Crippen molar-refractivity contribution < 1.29 is 0 Å². The molecule has 85 heavy (non-hydrogen) atoms. The van der Waals surface area contributed by atoms with Crippen LogP contribution in [0.25, 0.3) is 0 Å². The average Bonchev–Trinajstić information content (AvgIpc) is 3.49. The van der Waals surface area contributed by atoms with Crippen LogP contribution in [0.4, 0.5) is 0 Å². The summed E-state index contributed by atoms with van der Waals surface area (Å²) in [5, 5.41) is 0. The second kappa shape index (κ2) is 45.6. The lowest BCUT2D eigenvalue weighted by atomic mass is 9.81. The SMILES string of the molecule is C[Si](C)(CI)CCC[Si](C)(CCCC(CC[Si](C)(CCC[Si](C)(C)CI)CCC[Si](C)(C)CI)C(CC[Si](C)(CCC[Si](C)(C)CI)CCC[Si](C)(C)CI)C([SiH3])CC[Si](C)(CCC[Si](C)(C)CI)CCC[Si](C)(C)CI)CCC[Si](C)(C)CI. The fourth-order valence-corrected chi connectivity index (χ4v) is 53.6. The first-order chi connectivity index (χ1) is 38.9. The van der Waals surface area contributed by atoms with E-state index in [0.29, 0.717) is 0 Å². The Balaban J connectivity index is 8.16. The topological polar surface area (TPSA) is 0 Å². The minimum absolute atomic E-state index is 0.983. The number of hydrogen-bond donors (Lipinski definition) is 0. The molecule has 3 atom stereocenters. The van der Waals surface area contributed by atoms with Crippen LogP contribution < -0.4 is 0 Å². The minimum Gasteiger partial charge on any atom is -0.0897 e. The van der Waals surface area contributed by atoms with E-state index in [2.05, 4.69) is 312 Å². The van der Waals surface area contributed by atoms with Crippen molar-refractivity contribution in [2.45, 2.75) is 341 Å². The van der Waals surface area contributed by atoms with Gasteiger partial charge < -0.3 is 0 Å². The van der Waals surface area contributed by atoms with E-state index in [0.717, 1.165) is 17.4 Å². The second-order valence-electron chi connectivity index (χ2n) is 37.4. The fraction of sp³-hybridized carbons (Fsp3) is 1.00. The normalized spacial score (nSPS) is 15.5. The molecule has 0 saturated carbocycles. The summed E-state index contributed by atoms with van der Waals surface area (Å²) in [5.74, 6) is 1.98. The first-order valence-electron chi connectivity index (χ1n) is 35.4. The number of rotatable bonds is 55. The number of alkyl halides is 8. The molecule has 0 aromatic heterocycles. The smallest absolute Gasteiger partial charge is 0.0578 e. The van der Waals surface area contributed by atoms with Gasteiger partial charge in [0, 0.05) is 10.2 Å². The van der Waals surface area contributed by atoms with Crippen molar-refractivity contribution in [1.82, 2.24) is 0 Å². The molecule has 0 saturated heterocycles. The zero-order chi connectivity index (χ0) is 65.7. The zero-order valence-corrected chi connectivity index (χ0v) is 92.0. The van der Waals surface area contributed by atoms with E-state index in [4.69, 9.17) is 0 Å². The van der Waals surface area contributed by atoms with Gasteiger partial charge in [0.15, 0.2) is 0 Å². The van der Waals surface area contributed by atoms with Gasteiger partial charge in [-0.3, -0.25) is 0 Å². The molecule has 0 spiro atoms. The van der Waals surface area contributed by atoms with E-state index in [1.165, 1.54) is 42.6 Å². The molecule has 0 aliphatic carbocycles. The Hall–Kier alpha value is 8.66. The molecule has 0 aromatic carbocycles. The Kier molecular flexibility index (Phi) is 50.2. The van der Waals surface area contributed by atoms with Crippen molar-refractivity contribution in [1.29, 1.82) is 0 Å². The lowest BCUT2D eigenvalue weighted by Gasteiger charge is -2.40. The second-order valence-corrected chi connectivity index (χ2v) is 118. The van der Waals surface area contributed by atoms with Crippen molar-refractivity contribution in [2.24, 2.45) is 11.8 Å². The number of hydrogen-bond acceptors (Lipinski definition) is 0. The van der Waals surface area contributed by atoms with Crippen molar-refractivity contribution in [3.8, 4) is 0 Å². The van der Waals surface area contributed by atoms with Crippen molar-refractivity contribution >= 4 is 288 Å². The lowest BCUT2D eigenvalue weighted by molar-refractivity contribution is 0.272. The van der Waals surface area contributed by atoms with Crippen LogP contribution in [0.5, 0.6) is 0 Å². The van der Waals surface area contributed by atoms with Crippen LogP contribution in [0.1, 0.15) is 83.5 Å². The maximum atomic E-state index is 3.02. The summed E-state index contributed by atoms with van der Waals surface area (Å²) in [6, 6.07) is 32.4. The van der Waals surface area contributed by atoms with Crippen LogP contribution in [-0.2, 0) is 0 Å². The van der Waals surface area contributed by atoms with Gasteiger partial charge >= 0.3 is 0 Å². The Morgan fingerprint density at radius 3 is 0.600 bits per heavy atom. The van der Waals surface area contributed by atoms with Gasteiger partial charge in [0.2, 0.25) is 0 Å². The molecular weight excluding hydrogens is 2150 g/mol. The minimum atomic E-state index is -1.44. The van der Waals surface area contributed by atoms with Gasteiger partial charge in [0.1, 0.15) is 0 Å². The van der Waals surface area contributed by atoms with Gasteiger partial charge in [0.05, 0.1) is 96.9 Å². The van der Waals surface area contributed by atoms with Crippen LogP contribution in [0.15, 0.2) is 0 Å². The molecule has 3 unspecified atom stereocenters. The van der Waals surface area contributed by atoms with Crippen molar-refractivity contribution in [3.05, 3.63) is 0 Å². The highest BCUT2D eigenvalue weighted by Gasteiger charge is 2.39. The summed E-state index contributed by atoms with van der Waals surface area (Å²) < 4.78 is 11.5. The Bertz CT molecular complexity index is 1650. The van der Waals surface area contributed by atoms with Crippen LogP contribution in [0.2, 0.25) is 257 Å². The first-order valence-corrected chi connectivity index (χ1v) is 88.6. The van der Waals surface area contributed by atoms with Gasteiger partial charge in [-0.25, -0.2) is 0 Å². The summed E-state index contributed by atoms with van der Waals surface area (Å²) in [7, 11) is -12.9. The third-order valence-electron chi connectivity index (χ3n) is 22.1. The van der Waals surface area contributed by atoms with Crippen LogP contribution >= 0.6 is 181 Å². The van der Waals surface area contributed by atoms with E-state index in [9.17, 15) is 0 Å². The monoisotopic (exact) mass is 2300 g/mol. The molecule has 0 aromatic rings. The van der Waals surface area contributed by atoms with Crippen LogP contribution in [-0.4, -0.2) is 140 Å². The van der Waals surface area contributed by atoms with Gasteiger partial charge in [-0.2, -0.15) is 0 Å². The van der Waals surface area contributed by atoms with Crippen LogP contribution in [0, 0.1) is 11.8 Å². The third kappa shape index (κ3) is 45.3. The Morgan fingerprint density at radius 2 is 0.388 bits per heavy atom. The Labute approximate surface area is 662 Å². The molecule has 0 heterocycles. The van der Waals surface area contributed by atoms with E-state index in [-0.39, 0.29) is 0 Å². The highest BCUT2D eigenvalue weighted by molar-refractivity contribution is 14.1. The van der Waals surface area contributed by atoms with Crippen molar-refractivity contribution in [3.63, 3.8) is 0 Å². The number of halogens is 8. The summed E-state index contributed by atoms with van der Waals surface area (Å²) in [5.41, 5.74) is 1.02. The molecule has 0 nitrogen and oxygen atoms in total. The van der Waals surface area contributed by atoms with Crippen LogP contribution in [0.3, 0.4) is 0 Å². The van der Waals surface area contributed by atoms with E-state index in [1.54, 1.807) is 204 Å². The first kappa shape index (κ1) is 93.7. The molecular formula is C64H148I8Si13. The summed E-state index contributed by atoms with van der Waals surface area (Å²) in [6.45, 7) is 55.5. The highest BCUT2D eigenvalue weighted by Crippen LogP contribution is 2.46. The van der Waals surface area contributed by atoms with Gasteiger partial charge in [-0.15, -0.1) is 0 Å². The fourth-order valence-electron chi connectivity index (χ4n) is 14.2. The largest absolute Gasteiger partial charge is 0.0897 e. The molecule has 21 heteroatoms. The molecule has 0 rings (SSSR count). The Morgan fingerprint density at radius 1 is 0.212 bits per heavy atom. The lowest BCUT2D eigenvalue weighted by Crippen LogP contribution is -2.37. The molecule has 0 N–H and O–H groups in total. The quantitative estimate of drug-likeness (QED) is 0.0323. The van der Waals surface area contributed by atoms with Gasteiger partial charge in [0.25, 0.3) is 0 Å². The summed E-state index contributed by atoms with van der Waals surface area (Å²) >= 11 is 22.2. The third-order valence-corrected chi connectivity index (χ3v) is 111. The molecule has 0 aliphatic heterocycles. The standard InChI is InChI=1S/C64H148I8Si13/c1-74(2,54-65)34-22-43-82(17,44-23-35-75(3,4)55-66)42-21-30-62(31-51-83(18,45-24-36-76(5,6)56-67)46-25-37-77(7,8)57-68)63(32-52-84(19,47-26-38-78(9,10)58-69)48-27-39-79(11,12)59-70)64(73)33-53-85(20,49-28-40-80(13,14)60-71)50-29-41-81(15,16)61-72/h62-64H,21-61H2,1-20,73H3. The van der Waals surface area contributed by atoms with E-state index < -0.39 is 96.9 Å². The molecule has 0 aliphatic rings. The van der Waals surface area contributed by atoms with Crippen molar-refractivity contribution in [2.75, 3.05) is 32.4 Å². The van der Waals surface area contributed by atoms with Gasteiger partial charge in [-0.1, -0.05) is 522 Å². The van der Waals surface area contributed by atoms with E-state index in [1.807, 2.05) is 0 Å². The summed E-state index contributed by atoms with van der Waals surface area (Å²) in [6.07, 6.45) is 20.5. The predicted molar refractivity (Wildman–Crippen MR) is 514 cm³/mol. The highest BCUT2D eigenvalue weighted by atomic mass is 127. The molecule has 0 bridgehead atoms. The zero-order valence-electron chi connectivity index (χ0n) is 60.7. The molecule has 0 amide bonds. The molecule has 512 valence electrons. The summed E-state index contributed by atoms with van der Waals surface area (Å²) in [4.78, 5) is 0. The maximum absolute atomic E-state index is 3.02. The molecule has 0 radical (unpaired) electrons. The average molecular weight is 2300 g/mol.